The topological polar surface area (TPSA) is 26.3 Å². The molecule has 0 aromatic heterocycles. The molecule has 2 aliphatic rings. The molecule has 0 amide bonds. The van der Waals surface area contributed by atoms with Crippen molar-refractivity contribution in [1.29, 1.82) is 0 Å². The zero-order valence-electron chi connectivity index (χ0n) is 14.5. The Morgan fingerprint density at radius 1 is 0.957 bits per heavy atom. The minimum absolute atomic E-state index is 0.120. The third-order valence-corrected chi connectivity index (χ3v) is 5.69. The molecule has 2 fully saturated rings. The van der Waals surface area contributed by atoms with Gasteiger partial charge in [0.05, 0.1) is 12.2 Å². The van der Waals surface area contributed by atoms with Gasteiger partial charge in [0.15, 0.2) is 0 Å². The predicted molar refractivity (Wildman–Crippen MR) is 94.1 cm³/mol. The summed E-state index contributed by atoms with van der Waals surface area (Å²) in [5, 5.41) is 0. The average molecular weight is 314 g/mol. The predicted octanol–water partition coefficient (Wildman–Crippen LogP) is 5.96. The van der Waals surface area contributed by atoms with E-state index < -0.39 is 0 Å². The molecule has 0 heterocycles. The lowest BCUT2D eigenvalue weighted by Crippen LogP contribution is -2.15. The van der Waals surface area contributed by atoms with E-state index in [1.54, 1.807) is 0 Å². The maximum absolute atomic E-state index is 12.5. The van der Waals surface area contributed by atoms with Crippen molar-refractivity contribution in [3.05, 3.63) is 34.9 Å². The van der Waals surface area contributed by atoms with Crippen LogP contribution in [0.2, 0.25) is 0 Å². The molecule has 2 nitrogen and oxygen atoms in total. The Labute approximate surface area is 140 Å². The highest BCUT2D eigenvalue weighted by molar-refractivity contribution is 5.91. The summed E-state index contributed by atoms with van der Waals surface area (Å²) in [7, 11) is 0. The summed E-state index contributed by atoms with van der Waals surface area (Å²) in [4.78, 5) is 12.5. The lowest BCUT2D eigenvalue weighted by Gasteiger charge is -2.26. The van der Waals surface area contributed by atoms with Crippen LogP contribution in [0.1, 0.15) is 104 Å². The van der Waals surface area contributed by atoms with E-state index >= 15 is 0 Å². The van der Waals surface area contributed by atoms with Crippen LogP contribution in [0.5, 0.6) is 0 Å². The molecule has 2 heteroatoms. The third kappa shape index (κ3) is 3.97. The lowest BCUT2D eigenvalue weighted by molar-refractivity contribution is 0.0524. The highest BCUT2D eigenvalue weighted by atomic mass is 16.5. The van der Waals surface area contributed by atoms with Gasteiger partial charge in [0.1, 0.15) is 0 Å². The second-order valence-corrected chi connectivity index (χ2v) is 7.24. The van der Waals surface area contributed by atoms with Crippen molar-refractivity contribution >= 4 is 5.97 Å². The molecule has 3 rings (SSSR count). The van der Waals surface area contributed by atoms with E-state index in [9.17, 15) is 4.79 Å². The number of esters is 1. The molecule has 0 saturated heterocycles. The molecule has 2 saturated carbocycles. The lowest BCUT2D eigenvalue weighted by atomic mass is 9.79. The van der Waals surface area contributed by atoms with E-state index in [2.05, 4.69) is 18.2 Å². The molecule has 0 aliphatic heterocycles. The van der Waals surface area contributed by atoms with Crippen molar-refractivity contribution in [2.45, 2.75) is 83.0 Å². The van der Waals surface area contributed by atoms with Crippen molar-refractivity contribution in [3.63, 3.8) is 0 Å². The smallest absolute Gasteiger partial charge is 0.338 e. The molecule has 0 N–H and O–H groups in total. The van der Waals surface area contributed by atoms with Gasteiger partial charge in [-0.05, 0) is 61.6 Å². The van der Waals surface area contributed by atoms with Gasteiger partial charge >= 0.3 is 5.97 Å². The Hall–Kier alpha value is -1.31. The molecule has 23 heavy (non-hydrogen) atoms. The van der Waals surface area contributed by atoms with Gasteiger partial charge in [0.25, 0.3) is 0 Å². The van der Waals surface area contributed by atoms with Crippen LogP contribution >= 0.6 is 0 Å². The minimum Gasteiger partial charge on any atom is -0.462 e. The fraction of sp³-hybridized carbons (Fsp3) is 0.667. The molecular weight excluding hydrogens is 284 g/mol. The van der Waals surface area contributed by atoms with Crippen LogP contribution < -0.4 is 0 Å². The Morgan fingerprint density at radius 3 is 2.17 bits per heavy atom. The highest BCUT2D eigenvalue weighted by Crippen LogP contribution is 2.38. The fourth-order valence-corrected chi connectivity index (χ4v) is 4.42. The Balaban J connectivity index is 1.89. The zero-order chi connectivity index (χ0) is 16.1. The van der Waals surface area contributed by atoms with Gasteiger partial charge in [-0.2, -0.15) is 0 Å². The van der Waals surface area contributed by atoms with Crippen LogP contribution in [0.15, 0.2) is 18.2 Å². The Morgan fingerprint density at radius 2 is 1.57 bits per heavy atom. The molecule has 126 valence electrons. The van der Waals surface area contributed by atoms with Crippen LogP contribution in [-0.2, 0) is 4.74 Å². The summed E-state index contributed by atoms with van der Waals surface area (Å²) in [5.41, 5.74) is 3.44. The number of rotatable bonds is 4. The summed E-state index contributed by atoms with van der Waals surface area (Å²) in [6.07, 6.45) is 12.9. The summed E-state index contributed by atoms with van der Waals surface area (Å²) < 4.78 is 5.36. The van der Waals surface area contributed by atoms with Crippen molar-refractivity contribution in [1.82, 2.24) is 0 Å². The minimum atomic E-state index is -0.120. The number of carbonyl (C=O) groups excluding carboxylic acids is 1. The number of benzene rings is 1. The van der Waals surface area contributed by atoms with Gasteiger partial charge in [0.2, 0.25) is 0 Å². The first-order chi connectivity index (χ1) is 11.3. The van der Waals surface area contributed by atoms with Crippen molar-refractivity contribution < 1.29 is 9.53 Å². The summed E-state index contributed by atoms with van der Waals surface area (Å²) in [6.45, 7) is 2.35. The molecule has 0 radical (unpaired) electrons. The van der Waals surface area contributed by atoms with Gasteiger partial charge < -0.3 is 4.74 Å². The fourth-order valence-electron chi connectivity index (χ4n) is 4.42. The maximum Gasteiger partial charge on any atom is 0.338 e. The molecule has 1 aromatic rings. The summed E-state index contributed by atoms with van der Waals surface area (Å²) >= 11 is 0. The summed E-state index contributed by atoms with van der Waals surface area (Å²) in [5.74, 6) is 1.06. The van der Waals surface area contributed by atoms with E-state index in [4.69, 9.17) is 4.74 Å². The van der Waals surface area contributed by atoms with Gasteiger partial charge in [0, 0.05) is 0 Å². The monoisotopic (exact) mass is 314 g/mol. The maximum atomic E-state index is 12.5. The van der Waals surface area contributed by atoms with Crippen LogP contribution in [0.3, 0.4) is 0 Å². The number of carbonyl (C=O) groups is 1. The molecular formula is C21H30O2. The molecule has 0 unspecified atom stereocenters. The zero-order valence-corrected chi connectivity index (χ0v) is 14.5. The summed E-state index contributed by atoms with van der Waals surface area (Å²) in [6, 6.07) is 6.70. The SMILES string of the molecule is CCOC(=O)c1cc(C2CCCCC2)ccc1C1CCCCC1. The second-order valence-electron chi connectivity index (χ2n) is 7.24. The third-order valence-electron chi connectivity index (χ3n) is 5.69. The highest BCUT2D eigenvalue weighted by Gasteiger charge is 2.24. The van der Waals surface area contributed by atoms with Gasteiger partial charge in [-0.25, -0.2) is 4.79 Å². The van der Waals surface area contributed by atoms with Crippen LogP contribution in [0.4, 0.5) is 0 Å². The first kappa shape index (κ1) is 16.5. The number of hydrogen-bond acceptors (Lipinski definition) is 2. The first-order valence-corrected chi connectivity index (χ1v) is 9.60. The van der Waals surface area contributed by atoms with Crippen molar-refractivity contribution in [2.75, 3.05) is 6.61 Å². The van der Waals surface area contributed by atoms with Gasteiger partial charge in [-0.15, -0.1) is 0 Å². The average Bonchev–Trinajstić information content (AvgIpc) is 2.63. The normalized spacial score (nSPS) is 20.4. The van der Waals surface area contributed by atoms with Crippen LogP contribution in [-0.4, -0.2) is 12.6 Å². The quantitative estimate of drug-likeness (QED) is 0.641. The second kappa shape index (κ2) is 7.99. The Kier molecular flexibility index (Phi) is 5.75. The molecule has 0 atom stereocenters. The Bertz CT molecular complexity index is 523. The number of hydrogen-bond donors (Lipinski definition) is 0. The van der Waals surface area contributed by atoms with E-state index in [-0.39, 0.29) is 5.97 Å². The largest absolute Gasteiger partial charge is 0.462 e. The molecule has 0 bridgehead atoms. The van der Waals surface area contributed by atoms with Gasteiger partial charge in [-0.1, -0.05) is 50.7 Å². The van der Waals surface area contributed by atoms with E-state index in [1.165, 1.54) is 75.3 Å². The van der Waals surface area contributed by atoms with Gasteiger partial charge in [-0.3, -0.25) is 0 Å². The van der Waals surface area contributed by atoms with Crippen LogP contribution in [0, 0.1) is 0 Å². The standard InChI is InChI=1S/C21H30O2/c1-2-23-21(22)20-15-18(16-9-5-3-6-10-16)13-14-19(20)17-11-7-4-8-12-17/h13-17H,2-12H2,1H3. The van der Waals surface area contributed by atoms with E-state index in [1.807, 2.05) is 6.92 Å². The molecule has 1 aromatic carbocycles. The van der Waals surface area contributed by atoms with E-state index in [0.29, 0.717) is 18.4 Å². The van der Waals surface area contributed by atoms with Crippen molar-refractivity contribution in [3.8, 4) is 0 Å². The first-order valence-electron chi connectivity index (χ1n) is 9.60. The molecule has 2 aliphatic carbocycles. The number of ether oxygens (including phenoxy) is 1. The molecule has 0 spiro atoms. The van der Waals surface area contributed by atoms with Crippen LogP contribution in [0.25, 0.3) is 0 Å². The van der Waals surface area contributed by atoms with Crippen molar-refractivity contribution in [2.24, 2.45) is 0 Å². The van der Waals surface area contributed by atoms with E-state index in [0.717, 1.165) is 5.56 Å².